The van der Waals surface area contributed by atoms with Gasteiger partial charge in [0.1, 0.15) is 0 Å². The summed E-state index contributed by atoms with van der Waals surface area (Å²) in [6, 6.07) is 0.00733. The molecule has 16 heavy (non-hydrogen) atoms. The molecule has 0 radical (unpaired) electrons. The number of urea groups is 1. The number of amides is 3. The van der Waals surface area contributed by atoms with E-state index in [0.29, 0.717) is 25.9 Å². The first kappa shape index (κ1) is 14.7. The number of carbonyl (C=O) groups excluding carboxylic acids is 2. The van der Waals surface area contributed by atoms with Gasteiger partial charge in [-0.25, -0.2) is 4.79 Å². The van der Waals surface area contributed by atoms with Crippen molar-refractivity contribution in [2.75, 3.05) is 27.2 Å². The summed E-state index contributed by atoms with van der Waals surface area (Å²) in [7, 11) is 3.45. The highest BCUT2D eigenvalue weighted by Crippen LogP contribution is 2.17. The van der Waals surface area contributed by atoms with Gasteiger partial charge in [0.15, 0.2) is 0 Å². The molecule has 2 N–H and O–H groups in total. The lowest BCUT2D eigenvalue weighted by atomic mass is 9.96. The molecule has 0 bridgehead atoms. The third-order valence-corrected chi connectivity index (χ3v) is 2.55. The quantitative estimate of drug-likeness (QED) is 0.725. The summed E-state index contributed by atoms with van der Waals surface area (Å²) < 4.78 is 0. The lowest BCUT2D eigenvalue weighted by Crippen LogP contribution is -2.45. The summed E-state index contributed by atoms with van der Waals surface area (Å²) in [5.74, 6) is -0.303. The summed E-state index contributed by atoms with van der Waals surface area (Å²) in [6.45, 7) is 5.26. The zero-order valence-electron chi connectivity index (χ0n) is 10.7. The van der Waals surface area contributed by atoms with Crippen molar-refractivity contribution < 1.29 is 9.59 Å². The Bertz CT molecular complexity index is 233. The fourth-order valence-corrected chi connectivity index (χ4v) is 1.64. The smallest absolute Gasteiger partial charge is 0.319 e. The number of rotatable bonds is 1. The molecule has 0 saturated carbocycles. The number of likely N-dealkylation sites (tertiary alicyclic amines) is 1. The Hall–Kier alpha value is -1.26. The number of piperidine rings is 1. The fourth-order valence-electron chi connectivity index (χ4n) is 1.64. The minimum atomic E-state index is -0.248. The van der Waals surface area contributed by atoms with Crippen LogP contribution in [-0.4, -0.2) is 48.9 Å². The minimum Gasteiger partial charge on any atom is -0.369 e. The molecule has 0 aromatic rings. The van der Waals surface area contributed by atoms with Crippen molar-refractivity contribution in [2.24, 2.45) is 11.7 Å². The van der Waals surface area contributed by atoms with Crippen LogP contribution >= 0.6 is 0 Å². The first-order valence-corrected chi connectivity index (χ1v) is 5.78. The summed E-state index contributed by atoms with van der Waals surface area (Å²) in [4.78, 5) is 25.7. The number of primary amides is 1. The maximum Gasteiger partial charge on any atom is 0.319 e. The number of hydrogen-bond acceptors (Lipinski definition) is 2. The SMILES string of the molecule is CC.CN(C)C(=O)N1CCC(C(N)=O)CC1. The fraction of sp³-hybridized carbons (Fsp3) is 0.818. The second-order valence-electron chi connectivity index (χ2n) is 3.84. The molecule has 0 spiro atoms. The van der Waals surface area contributed by atoms with E-state index in [0.717, 1.165) is 0 Å². The van der Waals surface area contributed by atoms with Gasteiger partial charge in [0.05, 0.1) is 0 Å². The first-order valence-electron chi connectivity index (χ1n) is 5.78. The molecule has 5 heteroatoms. The highest BCUT2D eigenvalue weighted by Gasteiger charge is 2.26. The average Bonchev–Trinajstić information content (AvgIpc) is 2.30. The monoisotopic (exact) mass is 229 g/mol. The molecule has 3 amide bonds. The van der Waals surface area contributed by atoms with Crippen LogP contribution in [0.2, 0.25) is 0 Å². The molecule has 1 fully saturated rings. The highest BCUT2D eigenvalue weighted by atomic mass is 16.2. The van der Waals surface area contributed by atoms with Crippen LogP contribution in [0.25, 0.3) is 0 Å². The molecular weight excluding hydrogens is 206 g/mol. The van der Waals surface area contributed by atoms with Crippen molar-refractivity contribution in [1.29, 1.82) is 0 Å². The molecule has 0 aromatic heterocycles. The van der Waals surface area contributed by atoms with Gasteiger partial charge in [-0.15, -0.1) is 0 Å². The van der Waals surface area contributed by atoms with Gasteiger partial charge in [0, 0.05) is 33.1 Å². The van der Waals surface area contributed by atoms with Gasteiger partial charge < -0.3 is 15.5 Å². The molecular formula is C11H23N3O2. The standard InChI is InChI=1S/C9H17N3O2.C2H6/c1-11(2)9(14)12-5-3-7(4-6-12)8(10)13;1-2/h7H,3-6H2,1-2H3,(H2,10,13);1-2H3. The van der Waals surface area contributed by atoms with Crippen LogP contribution < -0.4 is 5.73 Å². The maximum atomic E-state index is 11.5. The van der Waals surface area contributed by atoms with Crippen LogP contribution in [0.1, 0.15) is 26.7 Å². The van der Waals surface area contributed by atoms with Crippen molar-refractivity contribution in [3.8, 4) is 0 Å². The normalized spacial score (nSPS) is 16.1. The summed E-state index contributed by atoms with van der Waals surface area (Å²) in [5, 5.41) is 0. The van der Waals surface area contributed by atoms with Gasteiger partial charge in [-0.2, -0.15) is 0 Å². The zero-order valence-corrected chi connectivity index (χ0v) is 10.7. The predicted octanol–water partition coefficient (Wildman–Crippen LogP) is 0.892. The van der Waals surface area contributed by atoms with Crippen LogP contribution in [0.5, 0.6) is 0 Å². The molecule has 0 atom stereocenters. The van der Waals surface area contributed by atoms with E-state index in [4.69, 9.17) is 5.73 Å². The predicted molar refractivity (Wildman–Crippen MR) is 63.9 cm³/mol. The molecule has 0 aromatic carbocycles. The Morgan fingerprint density at radius 2 is 1.62 bits per heavy atom. The van der Waals surface area contributed by atoms with Crippen molar-refractivity contribution in [2.45, 2.75) is 26.7 Å². The Morgan fingerprint density at radius 1 is 1.19 bits per heavy atom. The van der Waals surface area contributed by atoms with Crippen LogP contribution in [-0.2, 0) is 4.79 Å². The summed E-state index contributed by atoms with van der Waals surface area (Å²) >= 11 is 0. The van der Waals surface area contributed by atoms with Crippen molar-refractivity contribution in [3.63, 3.8) is 0 Å². The molecule has 0 unspecified atom stereocenters. The van der Waals surface area contributed by atoms with Crippen molar-refractivity contribution >= 4 is 11.9 Å². The Labute approximate surface area is 97.6 Å². The van der Waals surface area contributed by atoms with Gasteiger partial charge in [0.25, 0.3) is 0 Å². The molecule has 1 aliphatic heterocycles. The second-order valence-corrected chi connectivity index (χ2v) is 3.84. The van der Waals surface area contributed by atoms with Gasteiger partial charge in [-0.05, 0) is 12.8 Å². The molecule has 0 aliphatic carbocycles. The zero-order chi connectivity index (χ0) is 12.7. The Morgan fingerprint density at radius 3 is 1.94 bits per heavy atom. The van der Waals surface area contributed by atoms with Gasteiger partial charge in [-0.3, -0.25) is 4.79 Å². The van der Waals surface area contributed by atoms with Crippen LogP contribution in [0.4, 0.5) is 4.79 Å². The lowest BCUT2D eigenvalue weighted by molar-refractivity contribution is -0.123. The number of hydrogen-bond donors (Lipinski definition) is 1. The molecule has 1 rings (SSSR count). The first-order chi connectivity index (χ1) is 7.52. The molecule has 1 heterocycles. The van der Waals surface area contributed by atoms with E-state index in [9.17, 15) is 9.59 Å². The van der Waals surface area contributed by atoms with Crippen LogP contribution in [0, 0.1) is 5.92 Å². The maximum absolute atomic E-state index is 11.5. The number of nitrogens with two attached hydrogens (primary N) is 1. The Kier molecular flexibility index (Phi) is 6.53. The van der Waals surface area contributed by atoms with E-state index >= 15 is 0 Å². The van der Waals surface area contributed by atoms with Gasteiger partial charge >= 0.3 is 6.03 Å². The third-order valence-electron chi connectivity index (χ3n) is 2.55. The number of nitrogens with zero attached hydrogens (tertiary/aromatic N) is 2. The minimum absolute atomic E-state index is 0.00733. The summed E-state index contributed by atoms with van der Waals surface area (Å²) in [5.41, 5.74) is 5.20. The highest BCUT2D eigenvalue weighted by molar-refractivity contribution is 5.78. The van der Waals surface area contributed by atoms with E-state index in [1.54, 1.807) is 23.9 Å². The van der Waals surface area contributed by atoms with Gasteiger partial charge in [0.2, 0.25) is 5.91 Å². The Balaban J connectivity index is 0.00000106. The molecule has 5 nitrogen and oxygen atoms in total. The van der Waals surface area contributed by atoms with E-state index in [-0.39, 0.29) is 17.9 Å². The second kappa shape index (κ2) is 7.09. The van der Waals surface area contributed by atoms with E-state index < -0.39 is 0 Å². The van der Waals surface area contributed by atoms with E-state index in [2.05, 4.69) is 0 Å². The van der Waals surface area contributed by atoms with E-state index in [1.807, 2.05) is 13.8 Å². The largest absolute Gasteiger partial charge is 0.369 e. The average molecular weight is 229 g/mol. The molecule has 1 aliphatic rings. The lowest BCUT2D eigenvalue weighted by Gasteiger charge is -2.32. The number of carbonyl (C=O) groups is 2. The van der Waals surface area contributed by atoms with E-state index in [1.165, 1.54) is 0 Å². The van der Waals surface area contributed by atoms with Gasteiger partial charge in [-0.1, -0.05) is 13.8 Å². The van der Waals surface area contributed by atoms with Crippen molar-refractivity contribution in [3.05, 3.63) is 0 Å². The topological polar surface area (TPSA) is 66.6 Å². The summed E-state index contributed by atoms with van der Waals surface area (Å²) in [6.07, 6.45) is 1.38. The van der Waals surface area contributed by atoms with Crippen LogP contribution in [0.15, 0.2) is 0 Å². The molecule has 1 saturated heterocycles. The van der Waals surface area contributed by atoms with Crippen LogP contribution in [0.3, 0.4) is 0 Å². The third kappa shape index (κ3) is 4.08. The molecule has 94 valence electrons. The van der Waals surface area contributed by atoms with Crippen molar-refractivity contribution in [1.82, 2.24) is 9.80 Å².